The van der Waals surface area contributed by atoms with E-state index in [9.17, 15) is 9.59 Å². The molecule has 1 amide bonds. The van der Waals surface area contributed by atoms with E-state index in [1.807, 2.05) is 0 Å². The van der Waals surface area contributed by atoms with Crippen LogP contribution in [0.2, 0.25) is 0 Å². The Bertz CT molecular complexity index is 251. The number of carbonyl (C=O) groups excluding carboxylic acids is 2. The summed E-state index contributed by atoms with van der Waals surface area (Å²) in [5, 5.41) is 2.69. The minimum Gasteiger partial charge on any atom is -0.462 e. The van der Waals surface area contributed by atoms with Gasteiger partial charge in [0.2, 0.25) is 0 Å². The summed E-state index contributed by atoms with van der Waals surface area (Å²) < 4.78 is 4.34. The fourth-order valence-electron chi connectivity index (χ4n) is 1.88. The number of methoxy groups -OCH3 is 1. The molecule has 1 fully saturated rings. The normalized spacial score (nSPS) is 20.7. The number of nitrogens with one attached hydrogen (secondary N) is 1. The monoisotopic (exact) mass is 213 g/mol. The second-order valence-corrected chi connectivity index (χ2v) is 4.90. The van der Waals surface area contributed by atoms with Gasteiger partial charge in [0.15, 0.2) is 0 Å². The van der Waals surface area contributed by atoms with Crippen molar-refractivity contribution >= 4 is 11.9 Å². The average Bonchev–Trinajstić information content (AvgIpc) is 2.20. The fourth-order valence-corrected chi connectivity index (χ4v) is 1.88. The van der Waals surface area contributed by atoms with Crippen LogP contribution in [0.4, 0.5) is 0 Å². The number of carbonyl (C=O) groups is 2. The Morgan fingerprint density at radius 3 is 2.27 bits per heavy atom. The van der Waals surface area contributed by atoms with Gasteiger partial charge in [-0.2, -0.15) is 0 Å². The lowest BCUT2D eigenvalue weighted by molar-refractivity contribution is -0.153. The maximum Gasteiger partial charge on any atom is 0.396 e. The van der Waals surface area contributed by atoms with Crippen molar-refractivity contribution in [2.24, 2.45) is 5.41 Å². The minimum atomic E-state index is -0.806. The van der Waals surface area contributed by atoms with E-state index in [4.69, 9.17) is 0 Å². The summed E-state index contributed by atoms with van der Waals surface area (Å²) in [7, 11) is 1.21. The fraction of sp³-hybridized carbons (Fsp3) is 0.818. The first-order valence-electron chi connectivity index (χ1n) is 5.33. The molecule has 0 bridgehead atoms. The second-order valence-electron chi connectivity index (χ2n) is 4.90. The molecule has 0 unspecified atom stereocenters. The standard InChI is InChI=1S/C11H19NO3/c1-11(2)6-4-8(5-7-11)12-9(13)10(14)15-3/h8H,4-7H2,1-3H3,(H,12,13). The lowest BCUT2D eigenvalue weighted by Gasteiger charge is -2.34. The highest BCUT2D eigenvalue weighted by molar-refractivity contribution is 6.32. The van der Waals surface area contributed by atoms with E-state index in [1.54, 1.807) is 0 Å². The quantitative estimate of drug-likeness (QED) is 0.526. The molecular formula is C11H19NO3. The predicted octanol–water partition coefficient (Wildman–Crippen LogP) is 1.24. The molecule has 1 saturated carbocycles. The summed E-state index contributed by atoms with van der Waals surface area (Å²) in [6, 6.07) is 0.129. The molecule has 0 heterocycles. The zero-order chi connectivity index (χ0) is 11.5. The van der Waals surface area contributed by atoms with Crippen LogP contribution in [0.25, 0.3) is 0 Å². The van der Waals surface area contributed by atoms with Crippen molar-refractivity contribution < 1.29 is 14.3 Å². The third-order valence-electron chi connectivity index (χ3n) is 3.05. The number of hydrogen-bond acceptors (Lipinski definition) is 3. The van der Waals surface area contributed by atoms with Gasteiger partial charge < -0.3 is 10.1 Å². The molecule has 0 radical (unpaired) electrons. The van der Waals surface area contributed by atoms with E-state index in [0.29, 0.717) is 5.41 Å². The van der Waals surface area contributed by atoms with Gasteiger partial charge in [0.05, 0.1) is 7.11 Å². The van der Waals surface area contributed by atoms with Crippen molar-refractivity contribution in [3.05, 3.63) is 0 Å². The maximum absolute atomic E-state index is 11.2. The molecule has 4 nitrogen and oxygen atoms in total. The first kappa shape index (κ1) is 12.0. The van der Waals surface area contributed by atoms with Gasteiger partial charge >= 0.3 is 11.9 Å². The van der Waals surface area contributed by atoms with E-state index < -0.39 is 11.9 Å². The molecule has 1 N–H and O–H groups in total. The van der Waals surface area contributed by atoms with Crippen molar-refractivity contribution in [1.82, 2.24) is 5.32 Å². The van der Waals surface area contributed by atoms with Crippen LogP contribution in [-0.2, 0) is 14.3 Å². The Morgan fingerprint density at radius 2 is 1.80 bits per heavy atom. The van der Waals surface area contributed by atoms with Gasteiger partial charge in [-0.15, -0.1) is 0 Å². The number of hydrogen-bond donors (Lipinski definition) is 1. The Balaban J connectivity index is 2.36. The lowest BCUT2D eigenvalue weighted by Crippen LogP contribution is -2.42. The van der Waals surface area contributed by atoms with Crippen molar-refractivity contribution in [1.29, 1.82) is 0 Å². The molecule has 1 aliphatic rings. The van der Waals surface area contributed by atoms with Crippen molar-refractivity contribution in [3.8, 4) is 0 Å². The van der Waals surface area contributed by atoms with Gasteiger partial charge in [-0.1, -0.05) is 13.8 Å². The smallest absolute Gasteiger partial charge is 0.396 e. The third kappa shape index (κ3) is 3.53. The molecule has 1 rings (SSSR count). The highest BCUT2D eigenvalue weighted by atomic mass is 16.5. The third-order valence-corrected chi connectivity index (χ3v) is 3.05. The van der Waals surface area contributed by atoms with Crippen LogP contribution in [0.5, 0.6) is 0 Å². The summed E-state index contributed by atoms with van der Waals surface area (Å²) in [6.07, 6.45) is 4.05. The van der Waals surface area contributed by atoms with Crippen LogP contribution < -0.4 is 5.32 Å². The largest absolute Gasteiger partial charge is 0.462 e. The van der Waals surface area contributed by atoms with Gasteiger partial charge in [-0.25, -0.2) is 4.79 Å². The second kappa shape index (κ2) is 4.64. The highest BCUT2D eigenvalue weighted by Gasteiger charge is 2.28. The van der Waals surface area contributed by atoms with Gasteiger partial charge in [-0.05, 0) is 31.1 Å². The Morgan fingerprint density at radius 1 is 1.27 bits per heavy atom. The average molecular weight is 213 g/mol. The molecule has 0 saturated heterocycles. The summed E-state index contributed by atoms with van der Waals surface area (Å²) in [5.41, 5.74) is 0.368. The van der Waals surface area contributed by atoms with Crippen molar-refractivity contribution in [2.45, 2.75) is 45.6 Å². The Kier molecular flexibility index (Phi) is 3.72. The first-order chi connectivity index (χ1) is 6.94. The molecule has 0 aromatic carbocycles. The van der Waals surface area contributed by atoms with E-state index in [-0.39, 0.29) is 6.04 Å². The summed E-state index contributed by atoms with van der Waals surface area (Å²) >= 11 is 0. The number of amides is 1. The predicted molar refractivity (Wildman–Crippen MR) is 56.2 cm³/mol. The molecule has 0 aliphatic heterocycles. The van der Waals surface area contributed by atoms with E-state index in [1.165, 1.54) is 7.11 Å². The van der Waals surface area contributed by atoms with Gasteiger partial charge in [0.1, 0.15) is 0 Å². The van der Waals surface area contributed by atoms with Gasteiger partial charge in [-0.3, -0.25) is 4.79 Å². The van der Waals surface area contributed by atoms with Crippen LogP contribution in [0.3, 0.4) is 0 Å². The van der Waals surface area contributed by atoms with E-state index in [0.717, 1.165) is 25.7 Å². The summed E-state index contributed by atoms with van der Waals surface area (Å²) in [5.74, 6) is -1.43. The van der Waals surface area contributed by atoms with Crippen LogP contribution in [0, 0.1) is 5.41 Å². The maximum atomic E-state index is 11.2. The topological polar surface area (TPSA) is 55.4 Å². The summed E-state index contributed by atoms with van der Waals surface area (Å²) in [4.78, 5) is 22.1. The molecule has 1 aliphatic carbocycles. The lowest BCUT2D eigenvalue weighted by atomic mass is 9.75. The van der Waals surface area contributed by atoms with Crippen LogP contribution in [0.1, 0.15) is 39.5 Å². The van der Waals surface area contributed by atoms with Crippen molar-refractivity contribution in [3.63, 3.8) is 0 Å². The number of esters is 1. The first-order valence-corrected chi connectivity index (χ1v) is 5.33. The Labute approximate surface area is 90.4 Å². The van der Waals surface area contributed by atoms with E-state index in [2.05, 4.69) is 23.9 Å². The van der Waals surface area contributed by atoms with Crippen LogP contribution in [-0.4, -0.2) is 25.0 Å². The molecule has 0 aromatic heterocycles. The molecule has 15 heavy (non-hydrogen) atoms. The highest BCUT2D eigenvalue weighted by Crippen LogP contribution is 2.34. The SMILES string of the molecule is COC(=O)C(=O)NC1CCC(C)(C)CC1. The molecular weight excluding hydrogens is 194 g/mol. The zero-order valence-electron chi connectivity index (χ0n) is 9.63. The van der Waals surface area contributed by atoms with Crippen LogP contribution in [0.15, 0.2) is 0 Å². The minimum absolute atomic E-state index is 0.129. The molecule has 4 heteroatoms. The van der Waals surface area contributed by atoms with Crippen LogP contribution >= 0.6 is 0 Å². The summed E-state index contributed by atoms with van der Waals surface area (Å²) in [6.45, 7) is 4.46. The zero-order valence-corrected chi connectivity index (χ0v) is 9.63. The Hall–Kier alpha value is -1.06. The van der Waals surface area contributed by atoms with Crippen molar-refractivity contribution in [2.75, 3.05) is 7.11 Å². The molecule has 0 aromatic rings. The van der Waals surface area contributed by atoms with Gasteiger partial charge in [0.25, 0.3) is 0 Å². The molecule has 0 spiro atoms. The molecule has 0 atom stereocenters. The number of ether oxygens (including phenoxy) is 1. The van der Waals surface area contributed by atoms with E-state index >= 15 is 0 Å². The van der Waals surface area contributed by atoms with Gasteiger partial charge in [0, 0.05) is 6.04 Å². The molecule has 86 valence electrons. The number of rotatable bonds is 1.